The van der Waals surface area contributed by atoms with E-state index in [0.29, 0.717) is 0 Å². The van der Waals surface area contributed by atoms with E-state index in [1.54, 1.807) is 0 Å². The van der Waals surface area contributed by atoms with Crippen LogP contribution in [0.1, 0.15) is 35.3 Å². The number of aliphatic imine (C=N–C) groups is 1. The molecule has 0 fully saturated rings. The fourth-order valence-corrected chi connectivity index (χ4v) is 8.08. The van der Waals surface area contributed by atoms with E-state index in [9.17, 15) is 0 Å². The summed E-state index contributed by atoms with van der Waals surface area (Å²) in [6, 6.07) is 64.1. The summed E-state index contributed by atoms with van der Waals surface area (Å²) in [6.45, 7) is 2.31. The monoisotopic (exact) mass is 658 g/mol. The summed E-state index contributed by atoms with van der Waals surface area (Å²) in [5, 5.41) is 2.44. The third-order valence-corrected chi connectivity index (χ3v) is 10.5. The highest BCUT2D eigenvalue weighted by molar-refractivity contribution is 6.21. The Morgan fingerprint density at radius 3 is 1.88 bits per heavy atom. The number of para-hydroxylation sites is 4. The molecule has 0 saturated carbocycles. The number of rotatable bonds is 4. The van der Waals surface area contributed by atoms with Gasteiger partial charge in [0.15, 0.2) is 0 Å². The molecule has 4 nitrogen and oxygen atoms in total. The summed E-state index contributed by atoms with van der Waals surface area (Å²) in [6.07, 6.45) is 0.181. The first-order valence-corrected chi connectivity index (χ1v) is 17.6. The molecule has 1 aromatic heterocycles. The number of nitrogens with one attached hydrogen (secondary N) is 1. The summed E-state index contributed by atoms with van der Waals surface area (Å²) >= 11 is 0. The van der Waals surface area contributed by atoms with Crippen LogP contribution < -0.4 is 9.80 Å². The van der Waals surface area contributed by atoms with Crippen molar-refractivity contribution in [3.63, 3.8) is 0 Å². The third-order valence-electron chi connectivity index (χ3n) is 10.5. The third kappa shape index (κ3) is 5.02. The first kappa shape index (κ1) is 30.7. The van der Waals surface area contributed by atoms with Crippen molar-refractivity contribution in [1.82, 2.24) is 4.98 Å². The number of anilines is 3. The molecule has 2 aliphatic heterocycles. The van der Waals surface area contributed by atoms with Crippen molar-refractivity contribution < 1.29 is 0 Å². The number of hydrogen-bond acceptors (Lipinski definition) is 3. The first-order valence-electron chi connectivity index (χ1n) is 17.6. The van der Waals surface area contributed by atoms with Gasteiger partial charge in [-0.3, -0.25) is 4.99 Å². The zero-order chi connectivity index (χ0) is 34.4. The molecular formula is C47H38N4. The van der Waals surface area contributed by atoms with Gasteiger partial charge in [0.25, 0.3) is 0 Å². The van der Waals surface area contributed by atoms with Crippen LogP contribution >= 0.6 is 0 Å². The number of aromatic nitrogens is 1. The van der Waals surface area contributed by atoms with Crippen LogP contribution in [0.2, 0.25) is 0 Å². The van der Waals surface area contributed by atoms with Gasteiger partial charge in [-0.05, 0) is 65.6 Å². The standard InChI is InChI=1S/C27H20N2.C20H18N2/c1-27(19-12-6-3-7-13-19)21-16-17-23-24(20-14-8-9-15-22(20)28-23)25(21)29-26(27)18-10-4-2-5-11-18;1-21-18-14-8-9-15-19(18)22(17-12-6-3-7-13-17)20(21)16-10-4-2-5-11-16/h2-17,28H,1H3;2-15,20H,1H3. The molecule has 51 heavy (non-hydrogen) atoms. The molecule has 0 spiro atoms. The van der Waals surface area contributed by atoms with Crippen molar-refractivity contribution in [1.29, 1.82) is 0 Å². The highest BCUT2D eigenvalue weighted by Crippen LogP contribution is 2.51. The molecule has 7 aromatic carbocycles. The summed E-state index contributed by atoms with van der Waals surface area (Å²) in [4.78, 5) is 13.6. The van der Waals surface area contributed by atoms with Crippen LogP contribution in [0.25, 0.3) is 21.8 Å². The van der Waals surface area contributed by atoms with Crippen molar-refractivity contribution in [2.75, 3.05) is 16.8 Å². The Morgan fingerprint density at radius 1 is 0.569 bits per heavy atom. The van der Waals surface area contributed by atoms with Gasteiger partial charge in [-0.15, -0.1) is 0 Å². The molecule has 0 aliphatic carbocycles. The van der Waals surface area contributed by atoms with Gasteiger partial charge in [0, 0.05) is 34.5 Å². The number of hydrogen-bond donors (Lipinski definition) is 1. The van der Waals surface area contributed by atoms with Crippen LogP contribution in [0.4, 0.5) is 22.7 Å². The van der Waals surface area contributed by atoms with Crippen LogP contribution in [-0.4, -0.2) is 17.7 Å². The average Bonchev–Trinajstić information content (AvgIpc) is 3.84. The molecule has 2 unspecified atom stereocenters. The number of nitrogens with zero attached hydrogens (tertiary/aromatic N) is 3. The Labute approximate surface area is 299 Å². The van der Waals surface area contributed by atoms with E-state index in [2.05, 4.69) is 211 Å². The van der Waals surface area contributed by atoms with Gasteiger partial charge in [-0.25, -0.2) is 0 Å². The van der Waals surface area contributed by atoms with Gasteiger partial charge < -0.3 is 14.8 Å². The molecule has 2 atom stereocenters. The Balaban J connectivity index is 0.000000142. The minimum atomic E-state index is -0.301. The predicted molar refractivity (Wildman–Crippen MR) is 214 cm³/mol. The van der Waals surface area contributed by atoms with Crippen molar-refractivity contribution in [3.8, 4) is 0 Å². The fraction of sp³-hybridized carbons (Fsp3) is 0.0851. The molecule has 3 heterocycles. The van der Waals surface area contributed by atoms with Gasteiger partial charge in [0.2, 0.25) is 0 Å². The Kier molecular flexibility index (Phi) is 7.51. The minimum Gasteiger partial charge on any atom is -0.354 e. The SMILES string of the molecule is CC1(c2ccccc2)C(c2ccccc2)=Nc2c1ccc1[nH]c3ccccc3c21.CN1c2ccccc2N(c2ccccc2)C1c1ccccc1. The second-order valence-electron chi connectivity index (χ2n) is 13.5. The maximum atomic E-state index is 5.30. The number of aromatic amines is 1. The first-order chi connectivity index (χ1) is 25.1. The molecule has 0 saturated heterocycles. The Morgan fingerprint density at radius 2 is 1.16 bits per heavy atom. The smallest absolute Gasteiger partial charge is 0.132 e. The quantitative estimate of drug-likeness (QED) is 0.204. The van der Waals surface area contributed by atoms with Crippen LogP contribution in [0.15, 0.2) is 187 Å². The number of fused-ring (bicyclic) bond motifs is 6. The topological polar surface area (TPSA) is 34.6 Å². The Bertz CT molecular complexity index is 2510. The van der Waals surface area contributed by atoms with Crippen LogP contribution in [0.5, 0.6) is 0 Å². The summed E-state index contributed by atoms with van der Waals surface area (Å²) in [5.41, 5.74) is 12.9. The molecule has 0 bridgehead atoms. The van der Waals surface area contributed by atoms with Crippen molar-refractivity contribution in [2.45, 2.75) is 18.5 Å². The zero-order valence-electron chi connectivity index (χ0n) is 28.7. The van der Waals surface area contributed by atoms with Gasteiger partial charge >= 0.3 is 0 Å². The van der Waals surface area contributed by atoms with Crippen molar-refractivity contribution >= 4 is 50.3 Å². The summed E-state index contributed by atoms with van der Waals surface area (Å²) in [5.74, 6) is 0. The lowest BCUT2D eigenvalue weighted by atomic mass is 9.71. The van der Waals surface area contributed by atoms with E-state index >= 15 is 0 Å². The van der Waals surface area contributed by atoms with E-state index in [4.69, 9.17) is 4.99 Å². The minimum absolute atomic E-state index is 0.181. The van der Waals surface area contributed by atoms with Gasteiger partial charge in [0.1, 0.15) is 6.17 Å². The second-order valence-corrected chi connectivity index (χ2v) is 13.5. The Hall–Kier alpha value is -6.39. The molecule has 10 rings (SSSR count). The van der Waals surface area contributed by atoms with Crippen molar-refractivity contribution in [2.24, 2.45) is 4.99 Å². The van der Waals surface area contributed by atoms with Gasteiger partial charge in [0.05, 0.1) is 28.2 Å². The van der Waals surface area contributed by atoms with Gasteiger partial charge in [-0.2, -0.15) is 0 Å². The molecule has 8 aromatic rings. The molecule has 246 valence electrons. The van der Waals surface area contributed by atoms with E-state index in [1.807, 2.05) is 0 Å². The number of H-pyrrole nitrogens is 1. The zero-order valence-corrected chi connectivity index (χ0v) is 28.7. The van der Waals surface area contributed by atoms with Gasteiger partial charge in [-0.1, -0.05) is 146 Å². The number of benzene rings is 7. The molecule has 0 amide bonds. The van der Waals surface area contributed by atoms with Crippen molar-refractivity contribution in [3.05, 3.63) is 204 Å². The fourth-order valence-electron chi connectivity index (χ4n) is 8.08. The van der Waals surface area contributed by atoms with Crippen LogP contribution in [0, 0.1) is 0 Å². The van der Waals surface area contributed by atoms with E-state index in [-0.39, 0.29) is 11.6 Å². The molecule has 1 N–H and O–H groups in total. The van der Waals surface area contributed by atoms with E-state index < -0.39 is 0 Å². The molecular weight excluding hydrogens is 621 g/mol. The lowest BCUT2D eigenvalue weighted by molar-refractivity contribution is 0.719. The highest BCUT2D eigenvalue weighted by atomic mass is 15.4. The highest BCUT2D eigenvalue weighted by Gasteiger charge is 2.42. The molecule has 0 radical (unpaired) electrons. The van der Waals surface area contributed by atoms with Crippen LogP contribution in [0.3, 0.4) is 0 Å². The summed E-state index contributed by atoms with van der Waals surface area (Å²) in [7, 11) is 2.17. The molecule has 2 aliphatic rings. The lowest BCUT2D eigenvalue weighted by Crippen LogP contribution is -2.31. The molecule has 4 heteroatoms. The lowest BCUT2D eigenvalue weighted by Gasteiger charge is -2.31. The largest absolute Gasteiger partial charge is 0.354 e. The van der Waals surface area contributed by atoms with E-state index in [0.717, 1.165) is 22.4 Å². The average molecular weight is 659 g/mol. The predicted octanol–water partition coefficient (Wildman–Crippen LogP) is 11.7. The normalized spacial score (nSPS) is 17.5. The summed E-state index contributed by atoms with van der Waals surface area (Å²) < 4.78 is 0. The maximum absolute atomic E-state index is 5.30. The van der Waals surface area contributed by atoms with Crippen LogP contribution in [-0.2, 0) is 5.41 Å². The maximum Gasteiger partial charge on any atom is 0.132 e. The second kappa shape index (κ2) is 12.5. The van der Waals surface area contributed by atoms with E-state index in [1.165, 1.54) is 50.1 Å².